The van der Waals surface area contributed by atoms with Gasteiger partial charge in [0.15, 0.2) is 12.7 Å². The van der Waals surface area contributed by atoms with Gasteiger partial charge in [-0.3, -0.25) is 14.4 Å². The molecule has 0 radical (unpaired) electrons. The fraction of sp³-hybridized carbons (Fsp3) is 0.382. The summed E-state index contributed by atoms with van der Waals surface area (Å²) in [5.41, 5.74) is 11.4. The van der Waals surface area contributed by atoms with E-state index >= 15 is 0 Å². The van der Waals surface area contributed by atoms with Gasteiger partial charge in [0.2, 0.25) is 5.91 Å². The van der Waals surface area contributed by atoms with Crippen LogP contribution in [-0.2, 0) is 33.8 Å². The summed E-state index contributed by atoms with van der Waals surface area (Å²) in [5, 5.41) is 17.1. The zero-order valence-electron chi connectivity index (χ0n) is 25.5. The third-order valence-electron chi connectivity index (χ3n) is 7.82. The van der Waals surface area contributed by atoms with Crippen molar-refractivity contribution >= 4 is 35.2 Å². The number of nitrogens with two attached hydrogens (primary N) is 1. The number of hydrogen-bond acceptors (Lipinski definition) is 7. The predicted molar refractivity (Wildman–Crippen MR) is 174 cm³/mol. The van der Waals surface area contributed by atoms with E-state index in [2.05, 4.69) is 23.6 Å². The zero-order valence-corrected chi connectivity index (χ0v) is 26.4. The highest BCUT2D eigenvalue weighted by atomic mass is 32.2. The van der Waals surface area contributed by atoms with Crippen LogP contribution in [0.25, 0.3) is 0 Å². The van der Waals surface area contributed by atoms with Crippen LogP contribution >= 0.6 is 11.8 Å². The number of carbonyl (C=O) groups is 3. The van der Waals surface area contributed by atoms with E-state index in [9.17, 15) is 19.5 Å². The van der Waals surface area contributed by atoms with E-state index in [-0.39, 0.29) is 31.4 Å². The van der Waals surface area contributed by atoms with Crippen molar-refractivity contribution in [3.8, 4) is 5.75 Å². The summed E-state index contributed by atoms with van der Waals surface area (Å²) in [6.45, 7) is 5.95. The molecule has 1 aliphatic rings. The minimum Gasteiger partial charge on any atom is -0.484 e. The number of nitrogen functional groups attached to an aromatic ring is 1. The highest BCUT2D eigenvalue weighted by Crippen LogP contribution is 2.24. The molecule has 10 heteroatoms. The number of carbonyl (C=O) groups excluding carboxylic acids is 3. The van der Waals surface area contributed by atoms with E-state index < -0.39 is 30.0 Å². The van der Waals surface area contributed by atoms with Gasteiger partial charge in [0.1, 0.15) is 11.8 Å². The second kappa shape index (κ2) is 15.6. The molecule has 5 N–H and O–H groups in total. The average Bonchev–Trinajstić information content (AvgIpc) is 3.51. The van der Waals surface area contributed by atoms with Crippen molar-refractivity contribution in [3.63, 3.8) is 0 Å². The predicted octanol–water partition coefficient (Wildman–Crippen LogP) is 3.52. The van der Waals surface area contributed by atoms with Crippen LogP contribution in [0.2, 0.25) is 0 Å². The van der Waals surface area contributed by atoms with Gasteiger partial charge in [-0.1, -0.05) is 67.9 Å². The molecule has 3 aromatic rings. The van der Waals surface area contributed by atoms with Gasteiger partial charge in [0.05, 0.1) is 11.9 Å². The Kier molecular flexibility index (Phi) is 11.7. The summed E-state index contributed by atoms with van der Waals surface area (Å²) in [5.74, 6) is -0.118. The quantitative estimate of drug-likeness (QED) is 0.216. The molecule has 0 spiro atoms. The first-order valence-electron chi connectivity index (χ1n) is 14.9. The molecule has 3 aromatic carbocycles. The Balaban J connectivity index is 1.42. The van der Waals surface area contributed by atoms with Gasteiger partial charge in [0.25, 0.3) is 11.8 Å². The Hall–Kier alpha value is -4.02. The van der Waals surface area contributed by atoms with Crippen LogP contribution in [0.1, 0.15) is 41.2 Å². The number of ether oxygens (including phenoxy) is 1. The van der Waals surface area contributed by atoms with Crippen molar-refractivity contribution in [2.45, 2.75) is 64.8 Å². The maximum absolute atomic E-state index is 13.6. The van der Waals surface area contributed by atoms with Crippen molar-refractivity contribution in [1.82, 2.24) is 15.5 Å². The number of aryl methyl sites for hydroxylation is 2. The number of thioether (sulfide) groups is 1. The smallest absolute Gasteiger partial charge is 0.258 e. The number of rotatable bonds is 13. The number of aliphatic hydroxyl groups excluding tert-OH is 1. The molecule has 0 unspecified atom stereocenters. The third kappa shape index (κ3) is 8.54. The average molecular weight is 619 g/mol. The standard InChI is InChI=1S/C34H42N4O5S/c1-4-9-24-14-15-30(22(2)16-24)43-19-31(39)37-28(17-25-10-6-5-7-11-25)32(40)34(42)38-21-44-20-29(38)33(41)36-18-26-12-8-13-27(35)23(26)3/h5-8,10-16,28-29,32,40H,4,9,17-21,35H2,1-3H3,(H,36,41)(H,37,39)/t28-,29-,32-/m0/s1. The lowest BCUT2D eigenvalue weighted by Crippen LogP contribution is -2.56. The molecule has 4 rings (SSSR count). The number of benzene rings is 3. The van der Waals surface area contributed by atoms with Gasteiger partial charge < -0.3 is 31.1 Å². The number of nitrogens with one attached hydrogen (secondary N) is 2. The number of anilines is 1. The fourth-order valence-corrected chi connectivity index (χ4v) is 6.40. The molecule has 0 aliphatic carbocycles. The Morgan fingerprint density at radius 1 is 1.07 bits per heavy atom. The number of hydrogen-bond donors (Lipinski definition) is 4. The molecule has 0 saturated carbocycles. The summed E-state index contributed by atoms with van der Waals surface area (Å²) < 4.78 is 5.80. The molecule has 44 heavy (non-hydrogen) atoms. The Morgan fingerprint density at radius 3 is 2.57 bits per heavy atom. The first-order chi connectivity index (χ1) is 21.2. The van der Waals surface area contributed by atoms with Gasteiger partial charge in [-0.15, -0.1) is 11.8 Å². The summed E-state index contributed by atoms with van der Waals surface area (Å²) in [6.07, 6.45) is 0.654. The van der Waals surface area contributed by atoms with E-state index in [1.54, 1.807) is 6.07 Å². The molecular formula is C34H42N4O5S. The number of aliphatic hydroxyl groups is 1. The molecule has 0 bridgehead atoms. The van der Waals surface area contributed by atoms with E-state index in [0.29, 0.717) is 17.2 Å². The largest absolute Gasteiger partial charge is 0.484 e. The lowest BCUT2D eigenvalue weighted by atomic mass is 9.99. The molecular weight excluding hydrogens is 576 g/mol. The SMILES string of the molecule is CCCc1ccc(OCC(=O)N[C@@H](Cc2ccccc2)[C@H](O)C(=O)N2CSC[C@H]2C(=O)NCc2cccc(N)c2C)c(C)c1. The first kappa shape index (κ1) is 32.9. The number of amides is 3. The highest BCUT2D eigenvalue weighted by Gasteiger charge is 2.40. The van der Waals surface area contributed by atoms with Crippen LogP contribution in [0.4, 0.5) is 5.69 Å². The second-order valence-electron chi connectivity index (χ2n) is 11.1. The van der Waals surface area contributed by atoms with Crippen molar-refractivity contribution < 1.29 is 24.2 Å². The fourth-order valence-electron chi connectivity index (χ4n) is 5.23. The Morgan fingerprint density at radius 2 is 1.84 bits per heavy atom. The Bertz CT molecular complexity index is 1450. The van der Waals surface area contributed by atoms with Crippen molar-refractivity contribution in [2.75, 3.05) is 24.0 Å². The zero-order chi connectivity index (χ0) is 31.6. The molecule has 3 amide bonds. The van der Waals surface area contributed by atoms with Crippen LogP contribution < -0.4 is 21.1 Å². The molecule has 1 heterocycles. The topological polar surface area (TPSA) is 134 Å². The van der Waals surface area contributed by atoms with Crippen LogP contribution in [0.3, 0.4) is 0 Å². The molecule has 1 saturated heterocycles. The highest BCUT2D eigenvalue weighted by molar-refractivity contribution is 7.99. The van der Waals surface area contributed by atoms with Gasteiger partial charge in [0, 0.05) is 18.0 Å². The minimum absolute atomic E-state index is 0.219. The van der Waals surface area contributed by atoms with E-state index in [1.807, 2.05) is 68.4 Å². The third-order valence-corrected chi connectivity index (χ3v) is 8.84. The monoisotopic (exact) mass is 618 g/mol. The van der Waals surface area contributed by atoms with E-state index in [0.717, 1.165) is 35.1 Å². The van der Waals surface area contributed by atoms with Gasteiger partial charge in [-0.2, -0.15) is 0 Å². The summed E-state index contributed by atoms with van der Waals surface area (Å²) in [4.78, 5) is 41.2. The summed E-state index contributed by atoms with van der Waals surface area (Å²) in [7, 11) is 0. The maximum Gasteiger partial charge on any atom is 0.258 e. The van der Waals surface area contributed by atoms with Gasteiger partial charge in [-0.05, 0) is 66.6 Å². The second-order valence-corrected chi connectivity index (χ2v) is 12.1. The molecule has 3 atom stereocenters. The van der Waals surface area contributed by atoms with Crippen molar-refractivity contribution in [1.29, 1.82) is 0 Å². The molecule has 9 nitrogen and oxygen atoms in total. The van der Waals surface area contributed by atoms with Crippen LogP contribution in [0, 0.1) is 13.8 Å². The summed E-state index contributed by atoms with van der Waals surface area (Å²) in [6, 6.07) is 19.1. The van der Waals surface area contributed by atoms with Crippen LogP contribution in [-0.4, -0.2) is 64.2 Å². The van der Waals surface area contributed by atoms with Crippen molar-refractivity contribution in [2.24, 2.45) is 0 Å². The lowest BCUT2D eigenvalue weighted by molar-refractivity contribution is -0.146. The lowest BCUT2D eigenvalue weighted by Gasteiger charge is -2.30. The van der Waals surface area contributed by atoms with E-state index in [1.165, 1.54) is 22.2 Å². The minimum atomic E-state index is -1.57. The van der Waals surface area contributed by atoms with E-state index in [4.69, 9.17) is 10.5 Å². The molecule has 0 aromatic heterocycles. The van der Waals surface area contributed by atoms with Crippen LogP contribution in [0.15, 0.2) is 66.7 Å². The number of nitrogens with zero attached hydrogens (tertiary/aromatic N) is 1. The van der Waals surface area contributed by atoms with Gasteiger partial charge >= 0.3 is 0 Å². The molecule has 1 fully saturated rings. The Labute approximate surface area is 263 Å². The maximum atomic E-state index is 13.6. The van der Waals surface area contributed by atoms with Gasteiger partial charge in [-0.25, -0.2) is 0 Å². The molecule has 1 aliphatic heterocycles. The van der Waals surface area contributed by atoms with Crippen LogP contribution in [0.5, 0.6) is 5.75 Å². The first-order valence-corrected chi connectivity index (χ1v) is 16.1. The summed E-state index contributed by atoms with van der Waals surface area (Å²) >= 11 is 1.44. The molecule has 234 valence electrons. The van der Waals surface area contributed by atoms with Crippen molar-refractivity contribution in [3.05, 3.63) is 94.5 Å². The normalized spacial score (nSPS) is 15.8.